The quantitative estimate of drug-likeness (QED) is 0.251. The first kappa shape index (κ1) is 22.8. The van der Waals surface area contributed by atoms with Crippen LogP contribution in [0.1, 0.15) is 5.56 Å². The Bertz CT molecular complexity index is 1280. The highest BCUT2D eigenvalue weighted by Gasteiger charge is 2.21. The van der Waals surface area contributed by atoms with Crippen LogP contribution in [0.15, 0.2) is 70.7 Å². The number of hydrogen-bond acceptors (Lipinski definition) is 8. The highest BCUT2D eigenvalue weighted by atomic mass is 35.5. The number of hydrogen-bond donors (Lipinski definition) is 3. The van der Waals surface area contributed by atoms with E-state index >= 15 is 0 Å². The number of halogens is 1. The van der Waals surface area contributed by atoms with Gasteiger partial charge in [-0.15, -0.1) is 0 Å². The van der Waals surface area contributed by atoms with Crippen molar-refractivity contribution in [2.45, 2.75) is 4.90 Å². The van der Waals surface area contributed by atoms with Crippen molar-refractivity contribution in [3.8, 4) is 11.5 Å². The Kier molecular flexibility index (Phi) is 6.81. The Hall–Kier alpha value is -3.83. The van der Waals surface area contributed by atoms with E-state index in [2.05, 4.69) is 15.2 Å². The number of nitrogens with zero attached hydrogens (tertiary/aromatic N) is 2. The Morgan fingerprint density at radius 2 is 1.84 bits per heavy atom. The Morgan fingerprint density at radius 1 is 1.12 bits per heavy atom. The van der Waals surface area contributed by atoms with Crippen LogP contribution in [-0.4, -0.2) is 31.8 Å². The van der Waals surface area contributed by atoms with E-state index in [1.807, 2.05) is 0 Å². The molecular formula is C20H17ClN4O6S. The average molecular weight is 477 g/mol. The Balaban J connectivity index is 1.82. The van der Waals surface area contributed by atoms with E-state index in [0.29, 0.717) is 10.6 Å². The van der Waals surface area contributed by atoms with E-state index in [0.717, 1.165) is 6.07 Å². The van der Waals surface area contributed by atoms with Gasteiger partial charge in [0.1, 0.15) is 5.69 Å². The fourth-order valence-electron chi connectivity index (χ4n) is 2.62. The van der Waals surface area contributed by atoms with Gasteiger partial charge in [0, 0.05) is 16.8 Å². The normalized spacial score (nSPS) is 11.3. The van der Waals surface area contributed by atoms with E-state index in [1.54, 1.807) is 6.07 Å². The van der Waals surface area contributed by atoms with Crippen molar-refractivity contribution in [2.75, 3.05) is 17.3 Å². The van der Waals surface area contributed by atoms with Gasteiger partial charge in [0.25, 0.3) is 15.7 Å². The summed E-state index contributed by atoms with van der Waals surface area (Å²) in [5.74, 6) is 0.194. The second-order valence-corrected chi connectivity index (χ2v) is 8.47. The molecule has 166 valence electrons. The fraction of sp³-hybridized carbons (Fsp3) is 0.0500. The van der Waals surface area contributed by atoms with Crippen LogP contribution in [0.4, 0.5) is 17.1 Å². The minimum atomic E-state index is -4.08. The summed E-state index contributed by atoms with van der Waals surface area (Å²) in [6.07, 6.45) is 1.33. The molecule has 3 aromatic carbocycles. The molecule has 0 unspecified atom stereocenters. The van der Waals surface area contributed by atoms with Crippen molar-refractivity contribution in [2.24, 2.45) is 5.10 Å². The van der Waals surface area contributed by atoms with Crippen LogP contribution < -0.4 is 14.9 Å². The summed E-state index contributed by atoms with van der Waals surface area (Å²) in [7, 11) is -2.66. The molecule has 3 rings (SSSR count). The first-order valence-electron chi connectivity index (χ1n) is 8.92. The first-order chi connectivity index (χ1) is 15.2. The molecule has 0 aliphatic heterocycles. The lowest BCUT2D eigenvalue weighted by molar-refractivity contribution is -0.384. The summed E-state index contributed by atoms with van der Waals surface area (Å²) in [5, 5.41) is 25.6. The summed E-state index contributed by atoms with van der Waals surface area (Å²) < 4.78 is 32.5. The van der Waals surface area contributed by atoms with E-state index in [1.165, 1.54) is 61.9 Å². The number of ether oxygens (including phenoxy) is 1. The van der Waals surface area contributed by atoms with Gasteiger partial charge in [0.2, 0.25) is 0 Å². The monoisotopic (exact) mass is 476 g/mol. The molecule has 0 aliphatic carbocycles. The smallest absolute Gasteiger partial charge is 0.295 e. The van der Waals surface area contributed by atoms with Crippen LogP contribution in [0.2, 0.25) is 5.02 Å². The first-order valence-corrected chi connectivity index (χ1v) is 10.8. The molecule has 3 N–H and O–H groups in total. The topological polar surface area (TPSA) is 143 Å². The molecule has 0 radical (unpaired) electrons. The fourth-order valence-corrected chi connectivity index (χ4v) is 3.82. The molecule has 0 heterocycles. The number of nitro benzene ring substituents is 1. The van der Waals surface area contributed by atoms with Gasteiger partial charge in [0.05, 0.1) is 23.1 Å². The zero-order valence-electron chi connectivity index (χ0n) is 16.5. The number of rotatable bonds is 8. The lowest BCUT2D eigenvalue weighted by Gasteiger charge is -2.09. The van der Waals surface area contributed by atoms with Gasteiger partial charge < -0.3 is 9.84 Å². The maximum atomic E-state index is 12.6. The number of benzene rings is 3. The summed E-state index contributed by atoms with van der Waals surface area (Å²) in [6, 6.07) is 13.9. The molecule has 3 aromatic rings. The SMILES string of the molecule is COc1ccc(C=NNc2ccc(S(=O)(=O)Nc3ccc(Cl)cc3)cc2[N+](=O)[O-])cc1O. The molecule has 0 fully saturated rings. The number of sulfonamides is 1. The third-order valence-electron chi connectivity index (χ3n) is 4.17. The van der Waals surface area contributed by atoms with Crippen LogP contribution in [0.3, 0.4) is 0 Å². The number of nitrogens with one attached hydrogen (secondary N) is 2. The number of hydrazone groups is 1. The molecule has 10 nitrogen and oxygen atoms in total. The maximum absolute atomic E-state index is 12.6. The number of phenolic OH excluding ortho intramolecular Hbond substituents is 1. The van der Waals surface area contributed by atoms with Crippen molar-refractivity contribution in [3.63, 3.8) is 0 Å². The van der Waals surface area contributed by atoms with E-state index in [-0.39, 0.29) is 27.8 Å². The van der Waals surface area contributed by atoms with Gasteiger partial charge in [-0.1, -0.05) is 11.6 Å². The number of aromatic hydroxyl groups is 1. The highest BCUT2D eigenvalue weighted by Crippen LogP contribution is 2.29. The van der Waals surface area contributed by atoms with E-state index < -0.39 is 20.6 Å². The number of nitro groups is 1. The molecule has 0 aliphatic rings. The van der Waals surface area contributed by atoms with Crippen LogP contribution >= 0.6 is 11.6 Å². The minimum Gasteiger partial charge on any atom is -0.504 e. The van der Waals surface area contributed by atoms with Gasteiger partial charge in [-0.2, -0.15) is 5.10 Å². The lowest BCUT2D eigenvalue weighted by Crippen LogP contribution is -2.13. The maximum Gasteiger partial charge on any atom is 0.295 e. The van der Waals surface area contributed by atoms with Gasteiger partial charge >= 0.3 is 0 Å². The second kappa shape index (κ2) is 9.54. The molecule has 0 spiro atoms. The molecule has 0 bridgehead atoms. The number of anilines is 2. The lowest BCUT2D eigenvalue weighted by atomic mass is 10.2. The van der Waals surface area contributed by atoms with E-state index in [4.69, 9.17) is 16.3 Å². The summed E-state index contributed by atoms with van der Waals surface area (Å²) in [6.45, 7) is 0. The van der Waals surface area contributed by atoms with Gasteiger partial charge in [0.15, 0.2) is 11.5 Å². The van der Waals surface area contributed by atoms with Crippen molar-refractivity contribution < 1.29 is 23.2 Å². The van der Waals surface area contributed by atoms with Crippen LogP contribution in [0, 0.1) is 10.1 Å². The molecule has 32 heavy (non-hydrogen) atoms. The van der Waals surface area contributed by atoms with Crippen molar-refractivity contribution in [3.05, 3.63) is 81.4 Å². The van der Waals surface area contributed by atoms with Crippen molar-refractivity contribution >= 4 is 44.9 Å². The number of phenols is 1. The highest BCUT2D eigenvalue weighted by molar-refractivity contribution is 7.92. The molecule has 0 amide bonds. The minimum absolute atomic E-state index is 0.0190. The summed E-state index contributed by atoms with van der Waals surface area (Å²) in [4.78, 5) is 10.5. The van der Waals surface area contributed by atoms with Crippen LogP contribution in [-0.2, 0) is 10.0 Å². The van der Waals surface area contributed by atoms with Crippen LogP contribution in [0.25, 0.3) is 0 Å². The summed E-state index contributed by atoms with van der Waals surface area (Å²) >= 11 is 5.79. The number of methoxy groups -OCH3 is 1. The Morgan fingerprint density at radius 3 is 2.47 bits per heavy atom. The largest absolute Gasteiger partial charge is 0.504 e. The second-order valence-electron chi connectivity index (χ2n) is 6.35. The van der Waals surface area contributed by atoms with Crippen molar-refractivity contribution in [1.29, 1.82) is 0 Å². The molecule has 0 atom stereocenters. The molecule has 0 aromatic heterocycles. The standard InChI is InChI=1S/C20H17ClN4O6S/c1-31-20-9-2-13(10-19(20)26)12-22-23-17-8-7-16(11-18(17)25(27)28)32(29,30)24-15-5-3-14(21)4-6-15/h2-12,23-24,26H,1H3. The van der Waals surface area contributed by atoms with Gasteiger partial charge in [-0.25, -0.2) is 8.42 Å². The molecular weight excluding hydrogens is 460 g/mol. The van der Waals surface area contributed by atoms with Crippen LogP contribution in [0.5, 0.6) is 11.5 Å². The summed E-state index contributed by atoms with van der Waals surface area (Å²) in [5.41, 5.74) is 2.76. The zero-order valence-corrected chi connectivity index (χ0v) is 18.1. The third kappa shape index (κ3) is 5.45. The predicted octanol–water partition coefficient (Wildman–Crippen LogP) is 4.21. The Labute approximate surface area is 188 Å². The molecule has 0 saturated carbocycles. The zero-order chi connectivity index (χ0) is 23.3. The average Bonchev–Trinajstić information content (AvgIpc) is 2.75. The van der Waals surface area contributed by atoms with Gasteiger partial charge in [-0.05, 0) is 60.2 Å². The predicted molar refractivity (Wildman–Crippen MR) is 121 cm³/mol. The van der Waals surface area contributed by atoms with Gasteiger partial charge in [-0.3, -0.25) is 20.3 Å². The van der Waals surface area contributed by atoms with Crippen molar-refractivity contribution in [1.82, 2.24) is 0 Å². The van der Waals surface area contributed by atoms with E-state index in [9.17, 15) is 23.6 Å². The molecule has 12 heteroatoms. The third-order valence-corrected chi connectivity index (χ3v) is 5.81. The molecule has 0 saturated heterocycles.